The second-order valence-electron chi connectivity index (χ2n) is 5.21. The maximum atomic E-state index is 13.2. The van der Waals surface area contributed by atoms with Gasteiger partial charge in [-0.2, -0.15) is 0 Å². The van der Waals surface area contributed by atoms with Gasteiger partial charge >= 0.3 is 0 Å². The summed E-state index contributed by atoms with van der Waals surface area (Å²) in [5.41, 5.74) is 1.46. The van der Waals surface area contributed by atoms with Crippen molar-refractivity contribution in [3.05, 3.63) is 54.3 Å². The highest BCUT2D eigenvalue weighted by Crippen LogP contribution is 2.27. The lowest BCUT2D eigenvalue weighted by Gasteiger charge is -1.98. The quantitative estimate of drug-likeness (QED) is 0.517. The van der Waals surface area contributed by atoms with Gasteiger partial charge in [-0.1, -0.05) is 41.3 Å². The van der Waals surface area contributed by atoms with Crippen LogP contribution in [0.2, 0.25) is 0 Å². The standard InChI is InChI=1S/C17H11FN4O2S2/c18-11-6-7-12-13(8-11)26-16(19-12)20-14(23)9-25-17-22-21-15(24-17)10-4-2-1-3-5-10/h1-8H,9H2,(H,19,20,23). The van der Waals surface area contributed by atoms with E-state index in [4.69, 9.17) is 4.42 Å². The Balaban J connectivity index is 1.37. The third-order valence-corrected chi connectivity index (χ3v) is 5.10. The molecule has 0 saturated carbocycles. The highest BCUT2D eigenvalue weighted by Gasteiger charge is 2.13. The Labute approximate surface area is 155 Å². The van der Waals surface area contributed by atoms with Crippen molar-refractivity contribution in [2.45, 2.75) is 5.22 Å². The number of thioether (sulfide) groups is 1. The van der Waals surface area contributed by atoms with Crippen LogP contribution < -0.4 is 5.32 Å². The van der Waals surface area contributed by atoms with Gasteiger partial charge in [-0.3, -0.25) is 4.79 Å². The van der Waals surface area contributed by atoms with Crippen LogP contribution in [-0.4, -0.2) is 26.8 Å². The molecule has 0 aliphatic heterocycles. The number of anilines is 1. The summed E-state index contributed by atoms with van der Waals surface area (Å²) in [7, 11) is 0. The number of hydrogen-bond donors (Lipinski definition) is 1. The Morgan fingerprint density at radius 3 is 2.88 bits per heavy atom. The molecule has 4 rings (SSSR count). The van der Waals surface area contributed by atoms with Crippen LogP contribution in [0.1, 0.15) is 0 Å². The third-order valence-electron chi connectivity index (χ3n) is 3.35. The average molecular weight is 386 g/mol. The predicted octanol–water partition coefficient (Wildman–Crippen LogP) is 4.22. The Kier molecular flexibility index (Phi) is 4.63. The summed E-state index contributed by atoms with van der Waals surface area (Å²) in [6.45, 7) is 0. The molecule has 0 atom stereocenters. The van der Waals surface area contributed by atoms with E-state index >= 15 is 0 Å². The number of fused-ring (bicyclic) bond motifs is 1. The molecule has 2 aromatic heterocycles. The van der Waals surface area contributed by atoms with E-state index in [1.807, 2.05) is 30.3 Å². The molecule has 1 amide bonds. The predicted molar refractivity (Wildman–Crippen MR) is 98.7 cm³/mol. The minimum absolute atomic E-state index is 0.0979. The van der Waals surface area contributed by atoms with Crippen LogP contribution >= 0.6 is 23.1 Å². The SMILES string of the molecule is O=C(CSc1nnc(-c2ccccc2)o1)Nc1nc2ccc(F)cc2s1. The number of hydrogen-bond acceptors (Lipinski definition) is 7. The highest BCUT2D eigenvalue weighted by molar-refractivity contribution is 7.99. The Bertz CT molecular complexity index is 1070. The van der Waals surface area contributed by atoms with Crippen molar-refractivity contribution in [1.29, 1.82) is 0 Å². The Morgan fingerprint density at radius 2 is 2.04 bits per heavy atom. The Morgan fingerprint density at radius 1 is 1.19 bits per heavy atom. The fraction of sp³-hybridized carbons (Fsp3) is 0.0588. The maximum Gasteiger partial charge on any atom is 0.277 e. The number of benzene rings is 2. The largest absolute Gasteiger partial charge is 0.411 e. The topological polar surface area (TPSA) is 80.9 Å². The van der Waals surface area contributed by atoms with Crippen LogP contribution in [0.15, 0.2) is 58.2 Å². The summed E-state index contributed by atoms with van der Waals surface area (Å²) < 4.78 is 19.4. The smallest absolute Gasteiger partial charge is 0.277 e. The molecule has 26 heavy (non-hydrogen) atoms. The summed E-state index contributed by atoms with van der Waals surface area (Å²) >= 11 is 2.36. The van der Waals surface area contributed by atoms with Crippen molar-refractivity contribution in [1.82, 2.24) is 15.2 Å². The van der Waals surface area contributed by atoms with E-state index in [1.54, 1.807) is 6.07 Å². The summed E-state index contributed by atoms with van der Waals surface area (Å²) in [4.78, 5) is 16.3. The molecule has 0 bridgehead atoms. The van der Waals surface area contributed by atoms with E-state index in [0.717, 1.165) is 17.3 Å². The molecular formula is C17H11FN4O2S2. The van der Waals surface area contributed by atoms with Gasteiger partial charge in [0.05, 0.1) is 16.0 Å². The number of aromatic nitrogens is 3. The van der Waals surface area contributed by atoms with Gasteiger partial charge in [0.2, 0.25) is 11.8 Å². The number of nitrogens with zero attached hydrogens (tertiary/aromatic N) is 3. The van der Waals surface area contributed by atoms with Crippen LogP contribution in [0, 0.1) is 5.82 Å². The molecular weight excluding hydrogens is 375 g/mol. The fourth-order valence-corrected chi connectivity index (χ4v) is 3.67. The first-order valence-electron chi connectivity index (χ1n) is 7.55. The maximum absolute atomic E-state index is 13.2. The van der Waals surface area contributed by atoms with Crippen molar-refractivity contribution in [2.75, 3.05) is 11.1 Å². The zero-order valence-corrected chi connectivity index (χ0v) is 14.8. The molecule has 2 aromatic carbocycles. The Hall–Kier alpha value is -2.78. The van der Waals surface area contributed by atoms with Crippen molar-refractivity contribution in [3.63, 3.8) is 0 Å². The van der Waals surface area contributed by atoms with Crippen LogP contribution in [0.3, 0.4) is 0 Å². The number of halogens is 1. The molecule has 9 heteroatoms. The summed E-state index contributed by atoms with van der Waals surface area (Å²) in [5.74, 6) is -0.0864. The van der Waals surface area contributed by atoms with Crippen LogP contribution in [0.4, 0.5) is 9.52 Å². The van der Waals surface area contributed by atoms with Crippen molar-refractivity contribution in [3.8, 4) is 11.5 Å². The first-order valence-corrected chi connectivity index (χ1v) is 9.35. The van der Waals surface area contributed by atoms with Gasteiger partial charge in [0.25, 0.3) is 5.22 Å². The molecule has 130 valence electrons. The van der Waals surface area contributed by atoms with E-state index < -0.39 is 0 Å². The minimum Gasteiger partial charge on any atom is -0.411 e. The molecule has 0 aliphatic rings. The molecule has 2 heterocycles. The van der Waals surface area contributed by atoms with Crippen LogP contribution in [-0.2, 0) is 4.79 Å². The fourth-order valence-electron chi connectivity index (χ4n) is 2.20. The van der Waals surface area contributed by atoms with E-state index in [9.17, 15) is 9.18 Å². The number of amides is 1. The molecule has 0 fully saturated rings. The summed E-state index contributed by atoms with van der Waals surface area (Å²) in [5, 5.41) is 11.3. The number of nitrogens with one attached hydrogen (secondary N) is 1. The molecule has 0 aliphatic carbocycles. The number of carbonyl (C=O) groups is 1. The average Bonchev–Trinajstić information content (AvgIpc) is 3.27. The minimum atomic E-state index is -0.333. The van der Waals surface area contributed by atoms with Gasteiger partial charge in [-0.05, 0) is 30.3 Å². The van der Waals surface area contributed by atoms with Gasteiger partial charge in [0, 0.05) is 5.56 Å². The van der Waals surface area contributed by atoms with E-state index in [0.29, 0.717) is 26.5 Å². The first-order chi connectivity index (χ1) is 12.7. The second kappa shape index (κ2) is 7.22. The van der Waals surface area contributed by atoms with E-state index in [2.05, 4.69) is 20.5 Å². The molecule has 6 nitrogen and oxygen atoms in total. The molecule has 1 N–H and O–H groups in total. The molecule has 0 spiro atoms. The zero-order chi connectivity index (χ0) is 17.9. The van der Waals surface area contributed by atoms with Crippen molar-refractivity contribution < 1.29 is 13.6 Å². The molecule has 0 saturated heterocycles. The lowest BCUT2D eigenvalue weighted by atomic mass is 10.2. The number of carbonyl (C=O) groups excluding carboxylic acids is 1. The molecule has 0 unspecified atom stereocenters. The van der Waals surface area contributed by atoms with Gasteiger partial charge in [-0.25, -0.2) is 9.37 Å². The van der Waals surface area contributed by atoms with Gasteiger partial charge in [-0.15, -0.1) is 10.2 Å². The number of rotatable bonds is 5. The highest BCUT2D eigenvalue weighted by atomic mass is 32.2. The van der Waals surface area contributed by atoms with E-state index in [1.165, 1.54) is 23.5 Å². The lowest BCUT2D eigenvalue weighted by Crippen LogP contribution is -2.13. The summed E-state index contributed by atoms with van der Waals surface area (Å²) in [6.07, 6.45) is 0. The van der Waals surface area contributed by atoms with Gasteiger partial charge < -0.3 is 9.73 Å². The van der Waals surface area contributed by atoms with Crippen molar-refractivity contribution in [2.24, 2.45) is 0 Å². The second-order valence-corrected chi connectivity index (χ2v) is 7.16. The third kappa shape index (κ3) is 3.73. The first kappa shape index (κ1) is 16.7. The zero-order valence-electron chi connectivity index (χ0n) is 13.2. The van der Waals surface area contributed by atoms with Gasteiger partial charge in [0.15, 0.2) is 5.13 Å². The monoisotopic (exact) mass is 386 g/mol. The van der Waals surface area contributed by atoms with Crippen LogP contribution in [0.25, 0.3) is 21.7 Å². The normalized spacial score (nSPS) is 11.0. The number of thiazole rings is 1. The van der Waals surface area contributed by atoms with Crippen molar-refractivity contribution >= 4 is 44.4 Å². The molecule has 0 radical (unpaired) electrons. The van der Waals surface area contributed by atoms with Crippen LogP contribution in [0.5, 0.6) is 0 Å². The summed E-state index contributed by atoms with van der Waals surface area (Å²) in [6, 6.07) is 13.7. The van der Waals surface area contributed by atoms with Gasteiger partial charge in [0.1, 0.15) is 5.82 Å². The lowest BCUT2D eigenvalue weighted by molar-refractivity contribution is -0.113. The van der Waals surface area contributed by atoms with E-state index in [-0.39, 0.29) is 17.5 Å². The molecule has 4 aromatic rings.